The maximum absolute atomic E-state index is 12.4. The number of nitrogens with zero attached hydrogens (tertiary/aromatic N) is 4. The summed E-state index contributed by atoms with van der Waals surface area (Å²) in [6.07, 6.45) is 8.59. The summed E-state index contributed by atoms with van der Waals surface area (Å²) in [5.41, 5.74) is 0.540. The van der Waals surface area contributed by atoms with Crippen molar-refractivity contribution in [3.63, 3.8) is 0 Å². The molecule has 0 aromatic carbocycles. The van der Waals surface area contributed by atoms with Crippen LogP contribution in [0.1, 0.15) is 55.8 Å². The summed E-state index contributed by atoms with van der Waals surface area (Å²) < 4.78 is 7.65. The van der Waals surface area contributed by atoms with Crippen molar-refractivity contribution < 1.29 is 9.53 Å². The topological polar surface area (TPSA) is 60.2 Å². The van der Waals surface area contributed by atoms with Gasteiger partial charge in [-0.05, 0) is 38.8 Å². The minimum atomic E-state index is -0.308. The molecule has 1 fully saturated rings. The first-order chi connectivity index (χ1) is 12.1. The highest BCUT2D eigenvalue weighted by Gasteiger charge is 2.27. The van der Waals surface area contributed by atoms with Crippen molar-refractivity contribution in [2.45, 2.75) is 52.2 Å². The fourth-order valence-electron chi connectivity index (χ4n) is 3.41. The molecule has 1 aliphatic heterocycles. The number of carbonyl (C=O) groups is 1. The van der Waals surface area contributed by atoms with Gasteiger partial charge in [0.2, 0.25) is 0 Å². The molecular formula is C19H26N4O2. The van der Waals surface area contributed by atoms with E-state index < -0.39 is 0 Å². The molecule has 1 saturated heterocycles. The summed E-state index contributed by atoms with van der Waals surface area (Å²) in [6.45, 7) is 7.55. The zero-order valence-corrected chi connectivity index (χ0v) is 15.2. The van der Waals surface area contributed by atoms with Crippen LogP contribution in [0.2, 0.25) is 0 Å². The molecule has 6 nitrogen and oxygen atoms in total. The number of rotatable bonds is 5. The summed E-state index contributed by atoms with van der Waals surface area (Å²) in [4.78, 5) is 23.6. The highest BCUT2D eigenvalue weighted by atomic mass is 16.5. The van der Waals surface area contributed by atoms with Crippen molar-refractivity contribution in [1.82, 2.24) is 14.5 Å². The minimum Gasteiger partial charge on any atom is -0.459 e. The van der Waals surface area contributed by atoms with E-state index in [0.717, 1.165) is 44.0 Å². The molecule has 3 heterocycles. The van der Waals surface area contributed by atoms with Crippen molar-refractivity contribution in [1.29, 1.82) is 0 Å². The first kappa shape index (κ1) is 17.5. The van der Waals surface area contributed by atoms with E-state index in [9.17, 15) is 4.79 Å². The molecule has 134 valence electrons. The van der Waals surface area contributed by atoms with Gasteiger partial charge in [0.25, 0.3) is 0 Å². The first-order valence-corrected chi connectivity index (χ1v) is 9.02. The Hall–Kier alpha value is -2.37. The number of ether oxygens (including phenoxy) is 1. The van der Waals surface area contributed by atoms with Gasteiger partial charge in [-0.25, -0.2) is 14.8 Å². The summed E-state index contributed by atoms with van der Waals surface area (Å²) >= 11 is 0. The number of piperidine rings is 1. The predicted molar refractivity (Wildman–Crippen MR) is 96.9 cm³/mol. The quantitative estimate of drug-likeness (QED) is 0.781. The summed E-state index contributed by atoms with van der Waals surface area (Å²) in [5, 5.41) is 0. The van der Waals surface area contributed by atoms with Crippen LogP contribution in [0.3, 0.4) is 0 Å². The molecule has 0 bridgehead atoms. The zero-order chi connectivity index (χ0) is 17.8. The van der Waals surface area contributed by atoms with Crippen LogP contribution in [0.15, 0.2) is 30.7 Å². The second kappa shape index (κ2) is 7.68. The van der Waals surface area contributed by atoms with Crippen molar-refractivity contribution >= 4 is 11.8 Å². The lowest BCUT2D eigenvalue weighted by molar-refractivity contribution is 0.0378. The van der Waals surface area contributed by atoms with Gasteiger partial charge in [-0.3, -0.25) is 0 Å². The van der Waals surface area contributed by atoms with Gasteiger partial charge in [0.15, 0.2) is 0 Å². The molecule has 0 radical (unpaired) electrons. The third kappa shape index (κ3) is 3.83. The van der Waals surface area contributed by atoms with Gasteiger partial charge >= 0.3 is 5.97 Å². The fraction of sp³-hybridized carbons (Fsp3) is 0.526. The average molecular weight is 342 g/mol. The van der Waals surface area contributed by atoms with Crippen molar-refractivity contribution in [3.05, 3.63) is 42.1 Å². The highest BCUT2D eigenvalue weighted by molar-refractivity contribution is 5.94. The van der Waals surface area contributed by atoms with Crippen molar-refractivity contribution in [2.75, 3.05) is 18.0 Å². The van der Waals surface area contributed by atoms with Gasteiger partial charge in [-0.2, -0.15) is 0 Å². The van der Waals surface area contributed by atoms with E-state index in [1.165, 1.54) is 0 Å². The van der Waals surface area contributed by atoms with Gasteiger partial charge in [0.1, 0.15) is 17.2 Å². The number of esters is 1. The molecular weight excluding hydrogens is 316 g/mol. The normalized spacial score (nSPS) is 17.8. The Balaban J connectivity index is 1.83. The van der Waals surface area contributed by atoms with Crippen LogP contribution < -0.4 is 4.90 Å². The van der Waals surface area contributed by atoms with Crippen LogP contribution in [0.4, 0.5) is 5.82 Å². The van der Waals surface area contributed by atoms with Gasteiger partial charge in [0, 0.05) is 38.1 Å². The average Bonchev–Trinajstić information content (AvgIpc) is 3.10. The van der Waals surface area contributed by atoms with E-state index in [1.807, 2.05) is 20.0 Å². The van der Waals surface area contributed by atoms with E-state index in [-0.39, 0.29) is 12.1 Å². The van der Waals surface area contributed by atoms with Gasteiger partial charge in [-0.1, -0.05) is 6.92 Å². The number of pyridine rings is 1. The number of aryl methyl sites for hydroxylation is 1. The Labute approximate surface area is 148 Å². The molecule has 6 heteroatoms. The van der Waals surface area contributed by atoms with E-state index in [0.29, 0.717) is 11.6 Å². The standard InChI is InChI=1S/C19H26N4O2/c1-4-17-20-10-12-23(17)15-7-6-11-22(13-15)18-16(8-5-9-21-18)19(24)25-14(2)3/h5,8-10,12,14-15H,4,6-7,11,13H2,1-3H3. The lowest BCUT2D eigenvalue weighted by atomic mass is 10.0. The van der Waals surface area contributed by atoms with Crippen LogP contribution in [-0.4, -0.2) is 39.7 Å². The Kier molecular flexibility index (Phi) is 5.36. The van der Waals surface area contributed by atoms with Gasteiger partial charge < -0.3 is 14.2 Å². The molecule has 2 aromatic rings. The lowest BCUT2D eigenvalue weighted by Crippen LogP contribution is -2.38. The molecule has 0 N–H and O–H groups in total. The van der Waals surface area contributed by atoms with E-state index in [2.05, 4.69) is 32.6 Å². The lowest BCUT2D eigenvalue weighted by Gasteiger charge is -2.35. The fourth-order valence-corrected chi connectivity index (χ4v) is 3.41. The van der Waals surface area contributed by atoms with E-state index in [4.69, 9.17) is 4.74 Å². The molecule has 0 amide bonds. The number of carbonyl (C=O) groups excluding carboxylic acids is 1. The van der Waals surface area contributed by atoms with E-state index in [1.54, 1.807) is 18.3 Å². The predicted octanol–water partition coefficient (Wildman–Crippen LogP) is 3.25. The van der Waals surface area contributed by atoms with Crippen LogP contribution in [-0.2, 0) is 11.2 Å². The van der Waals surface area contributed by atoms with Crippen molar-refractivity contribution in [3.8, 4) is 0 Å². The summed E-state index contributed by atoms with van der Waals surface area (Å²) in [7, 11) is 0. The zero-order valence-electron chi connectivity index (χ0n) is 15.2. The maximum Gasteiger partial charge on any atom is 0.342 e. The number of hydrogen-bond donors (Lipinski definition) is 0. The van der Waals surface area contributed by atoms with Gasteiger partial charge in [0.05, 0.1) is 12.1 Å². The number of hydrogen-bond acceptors (Lipinski definition) is 5. The van der Waals surface area contributed by atoms with Crippen molar-refractivity contribution in [2.24, 2.45) is 0 Å². The third-order valence-corrected chi connectivity index (χ3v) is 4.50. The summed E-state index contributed by atoms with van der Waals surface area (Å²) in [6, 6.07) is 3.93. The molecule has 25 heavy (non-hydrogen) atoms. The molecule has 1 unspecified atom stereocenters. The molecule has 0 saturated carbocycles. The molecule has 0 spiro atoms. The molecule has 0 aliphatic carbocycles. The first-order valence-electron chi connectivity index (χ1n) is 9.02. The Morgan fingerprint density at radius 1 is 1.36 bits per heavy atom. The highest BCUT2D eigenvalue weighted by Crippen LogP contribution is 2.28. The minimum absolute atomic E-state index is 0.146. The summed E-state index contributed by atoms with van der Waals surface area (Å²) in [5.74, 6) is 1.51. The molecule has 3 rings (SSSR count). The second-order valence-electron chi connectivity index (χ2n) is 6.67. The number of aromatic nitrogens is 3. The van der Waals surface area contributed by atoms with E-state index >= 15 is 0 Å². The Bertz CT molecular complexity index is 726. The van der Waals surface area contributed by atoms with Crippen LogP contribution in [0.5, 0.6) is 0 Å². The number of imidazole rings is 1. The largest absolute Gasteiger partial charge is 0.459 e. The van der Waals surface area contributed by atoms with Crippen LogP contribution in [0, 0.1) is 0 Å². The van der Waals surface area contributed by atoms with Crippen LogP contribution in [0.25, 0.3) is 0 Å². The second-order valence-corrected chi connectivity index (χ2v) is 6.67. The molecule has 2 aromatic heterocycles. The monoisotopic (exact) mass is 342 g/mol. The molecule has 1 aliphatic rings. The smallest absolute Gasteiger partial charge is 0.342 e. The Morgan fingerprint density at radius 2 is 2.20 bits per heavy atom. The molecule has 1 atom stereocenters. The third-order valence-electron chi connectivity index (χ3n) is 4.50. The SMILES string of the molecule is CCc1nccn1C1CCCN(c2ncccc2C(=O)OC(C)C)C1. The Morgan fingerprint density at radius 3 is 2.96 bits per heavy atom. The number of anilines is 1. The van der Waals surface area contributed by atoms with Crippen LogP contribution >= 0.6 is 0 Å². The maximum atomic E-state index is 12.4. The van der Waals surface area contributed by atoms with Gasteiger partial charge in [-0.15, -0.1) is 0 Å².